The average molecular weight is 239 g/mol. The normalized spacial score (nSPS) is 38.1. The summed E-state index contributed by atoms with van der Waals surface area (Å²) in [4.78, 5) is 13.6. The maximum atomic E-state index is 11.8. The van der Waals surface area contributed by atoms with Crippen LogP contribution in [-0.4, -0.2) is 47.3 Å². The Hall–Kier alpha value is -0.870. The van der Waals surface area contributed by atoms with Gasteiger partial charge in [0.25, 0.3) is 0 Å². The second-order valence-corrected chi connectivity index (χ2v) is 5.23. The van der Waals surface area contributed by atoms with Gasteiger partial charge in [0.1, 0.15) is 0 Å². The van der Waals surface area contributed by atoms with Gasteiger partial charge < -0.3 is 14.7 Å². The van der Waals surface area contributed by atoms with Crippen LogP contribution in [0.1, 0.15) is 26.2 Å². The molecule has 0 bridgehead atoms. The molecule has 2 aliphatic rings. The molecule has 2 fully saturated rings. The standard InChI is InChI=1S/C13H21NO3/c1-3-12(15)14-7-4-5-11(14)10-9-17-8-6-13(10,2)16/h3,10-11,16H,1,4-9H2,2H3/t10-,11-,13-/m1/s1. The van der Waals surface area contributed by atoms with E-state index in [2.05, 4.69) is 6.58 Å². The number of nitrogens with zero attached hydrogens (tertiary/aromatic N) is 1. The van der Waals surface area contributed by atoms with Crippen molar-refractivity contribution in [2.75, 3.05) is 19.8 Å². The molecule has 2 heterocycles. The Morgan fingerprint density at radius 1 is 1.65 bits per heavy atom. The van der Waals surface area contributed by atoms with Gasteiger partial charge in [0.15, 0.2) is 0 Å². The maximum Gasteiger partial charge on any atom is 0.246 e. The highest BCUT2D eigenvalue weighted by atomic mass is 16.5. The summed E-state index contributed by atoms with van der Waals surface area (Å²) in [5.41, 5.74) is -0.729. The Morgan fingerprint density at radius 3 is 3.06 bits per heavy atom. The number of carbonyl (C=O) groups excluding carboxylic acids is 1. The zero-order valence-electron chi connectivity index (χ0n) is 10.4. The van der Waals surface area contributed by atoms with Gasteiger partial charge in [-0.3, -0.25) is 4.79 Å². The highest BCUT2D eigenvalue weighted by Gasteiger charge is 2.44. The molecule has 1 N–H and O–H groups in total. The summed E-state index contributed by atoms with van der Waals surface area (Å²) in [5.74, 6) is -0.0171. The van der Waals surface area contributed by atoms with Crippen molar-refractivity contribution in [3.05, 3.63) is 12.7 Å². The molecule has 0 aromatic rings. The fraction of sp³-hybridized carbons (Fsp3) is 0.769. The number of likely N-dealkylation sites (tertiary alicyclic amines) is 1. The molecular formula is C13H21NO3. The summed E-state index contributed by atoms with van der Waals surface area (Å²) in [6.07, 6.45) is 3.95. The zero-order valence-corrected chi connectivity index (χ0v) is 10.4. The van der Waals surface area contributed by atoms with Gasteiger partial charge >= 0.3 is 0 Å². The number of aliphatic hydroxyl groups is 1. The minimum absolute atomic E-state index is 0.0163. The topological polar surface area (TPSA) is 49.8 Å². The van der Waals surface area contributed by atoms with Crippen LogP contribution in [0.2, 0.25) is 0 Å². The summed E-state index contributed by atoms with van der Waals surface area (Å²) >= 11 is 0. The van der Waals surface area contributed by atoms with Crippen LogP contribution >= 0.6 is 0 Å². The van der Waals surface area contributed by atoms with Crippen LogP contribution in [0.3, 0.4) is 0 Å². The van der Waals surface area contributed by atoms with Crippen molar-refractivity contribution in [1.29, 1.82) is 0 Å². The minimum Gasteiger partial charge on any atom is -0.390 e. The number of amides is 1. The molecule has 96 valence electrons. The predicted molar refractivity (Wildman–Crippen MR) is 64.5 cm³/mol. The number of hydrogen-bond donors (Lipinski definition) is 1. The third-order valence-electron chi connectivity index (χ3n) is 4.07. The quantitative estimate of drug-likeness (QED) is 0.730. The van der Waals surface area contributed by atoms with Crippen LogP contribution in [0.5, 0.6) is 0 Å². The molecule has 4 nitrogen and oxygen atoms in total. The molecule has 17 heavy (non-hydrogen) atoms. The fourth-order valence-electron chi connectivity index (χ4n) is 2.98. The minimum atomic E-state index is -0.729. The summed E-state index contributed by atoms with van der Waals surface area (Å²) < 4.78 is 5.47. The molecule has 0 unspecified atom stereocenters. The maximum absolute atomic E-state index is 11.8. The number of carbonyl (C=O) groups is 1. The van der Waals surface area contributed by atoms with Crippen LogP contribution in [-0.2, 0) is 9.53 Å². The van der Waals surface area contributed by atoms with E-state index in [0.29, 0.717) is 19.6 Å². The lowest BCUT2D eigenvalue weighted by Gasteiger charge is -2.43. The van der Waals surface area contributed by atoms with Crippen molar-refractivity contribution in [3.8, 4) is 0 Å². The van der Waals surface area contributed by atoms with Gasteiger partial charge in [-0.05, 0) is 32.3 Å². The first-order valence-corrected chi connectivity index (χ1v) is 6.29. The van der Waals surface area contributed by atoms with Gasteiger partial charge in [0, 0.05) is 25.1 Å². The summed E-state index contributed by atoms with van der Waals surface area (Å²) in [5, 5.41) is 10.4. The smallest absolute Gasteiger partial charge is 0.246 e. The molecule has 2 rings (SSSR count). The molecule has 0 aromatic heterocycles. The third kappa shape index (κ3) is 2.38. The summed E-state index contributed by atoms with van der Waals surface area (Å²) in [6.45, 7) is 7.30. The predicted octanol–water partition coefficient (Wildman–Crippen LogP) is 0.951. The van der Waals surface area contributed by atoms with E-state index < -0.39 is 5.60 Å². The zero-order chi connectivity index (χ0) is 12.5. The molecule has 0 spiro atoms. The van der Waals surface area contributed by atoms with E-state index in [-0.39, 0.29) is 17.9 Å². The average Bonchev–Trinajstić information content (AvgIpc) is 2.76. The number of hydrogen-bond acceptors (Lipinski definition) is 3. The van der Waals surface area contributed by atoms with Crippen LogP contribution in [0.4, 0.5) is 0 Å². The van der Waals surface area contributed by atoms with E-state index >= 15 is 0 Å². The lowest BCUT2D eigenvalue weighted by molar-refractivity contribution is -0.141. The van der Waals surface area contributed by atoms with Crippen molar-refractivity contribution in [1.82, 2.24) is 4.90 Å². The van der Waals surface area contributed by atoms with Gasteiger partial charge in [0.2, 0.25) is 5.91 Å². The van der Waals surface area contributed by atoms with Crippen molar-refractivity contribution in [2.45, 2.75) is 37.8 Å². The Bertz CT molecular complexity index is 314. The van der Waals surface area contributed by atoms with E-state index in [4.69, 9.17) is 4.74 Å². The molecule has 0 aliphatic carbocycles. The largest absolute Gasteiger partial charge is 0.390 e. The molecule has 0 radical (unpaired) electrons. The molecule has 2 saturated heterocycles. The molecular weight excluding hydrogens is 218 g/mol. The second kappa shape index (κ2) is 4.78. The first-order valence-electron chi connectivity index (χ1n) is 6.29. The summed E-state index contributed by atoms with van der Waals surface area (Å²) in [7, 11) is 0. The van der Waals surface area contributed by atoms with Gasteiger partial charge in [-0.15, -0.1) is 0 Å². The van der Waals surface area contributed by atoms with E-state index in [9.17, 15) is 9.90 Å². The van der Waals surface area contributed by atoms with Gasteiger partial charge in [-0.25, -0.2) is 0 Å². The number of ether oxygens (including phenoxy) is 1. The molecule has 1 amide bonds. The van der Waals surface area contributed by atoms with E-state index in [0.717, 1.165) is 19.4 Å². The molecule has 3 atom stereocenters. The Labute approximate surface area is 102 Å². The van der Waals surface area contributed by atoms with E-state index in [1.165, 1.54) is 6.08 Å². The third-order valence-corrected chi connectivity index (χ3v) is 4.07. The van der Waals surface area contributed by atoms with E-state index in [1.807, 2.05) is 11.8 Å². The Kier molecular flexibility index (Phi) is 3.54. The van der Waals surface area contributed by atoms with Crippen LogP contribution in [0, 0.1) is 5.92 Å². The molecule has 0 saturated carbocycles. The van der Waals surface area contributed by atoms with Gasteiger partial charge in [-0.1, -0.05) is 6.58 Å². The van der Waals surface area contributed by atoms with Gasteiger partial charge in [0.05, 0.1) is 12.2 Å². The SMILES string of the molecule is C=CC(=O)N1CCC[C@@H]1[C@H]1COCC[C@@]1(C)O. The second-order valence-electron chi connectivity index (χ2n) is 5.23. The van der Waals surface area contributed by atoms with E-state index in [1.54, 1.807) is 0 Å². The van der Waals surface area contributed by atoms with Gasteiger partial charge in [-0.2, -0.15) is 0 Å². The number of rotatable bonds is 2. The fourth-order valence-corrected chi connectivity index (χ4v) is 2.98. The lowest BCUT2D eigenvalue weighted by atomic mass is 9.79. The summed E-state index contributed by atoms with van der Waals surface area (Å²) in [6, 6.07) is 0.0933. The first-order chi connectivity index (χ1) is 8.06. The van der Waals surface area contributed by atoms with Crippen molar-refractivity contribution < 1.29 is 14.6 Å². The molecule has 0 aromatic carbocycles. The highest BCUT2D eigenvalue weighted by molar-refractivity contribution is 5.87. The van der Waals surface area contributed by atoms with Crippen molar-refractivity contribution >= 4 is 5.91 Å². The molecule has 4 heteroatoms. The first kappa shape index (κ1) is 12.6. The highest BCUT2D eigenvalue weighted by Crippen LogP contribution is 2.35. The van der Waals surface area contributed by atoms with Crippen molar-refractivity contribution in [3.63, 3.8) is 0 Å². The van der Waals surface area contributed by atoms with Crippen molar-refractivity contribution in [2.24, 2.45) is 5.92 Å². The Morgan fingerprint density at radius 2 is 2.41 bits per heavy atom. The molecule has 2 aliphatic heterocycles. The van der Waals surface area contributed by atoms with Crippen LogP contribution < -0.4 is 0 Å². The lowest BCUT2D eigenvalue weighted by Crippen LogP contribution is -2.53. The Balaban J connectivity index is 2.14. The monoisotopic (exact) mass is 239 g/mol. The van der Waals surface area contributed by atoms with Crippen LogP contribution in [0.25, 0.3) is 0 Å². The van der Waals surface area contributed by atoms with Crippen LogP contribution in [0.15, 0.2) is 12.7 Å².